The van der Waals surface area contributed by atoms with E-state index in [1.807, 2.05) is 24.3 Å². The van der Waals surface area contributed by atoms with Crippen molar-refractivity contribution in [3.8, 4) is 0 Å². The van der Waals surface area contributed by atoms with Gasteiger partial charge >= 0.3 is 0 Å². The molecule has 0 heterocycles. The highest BCUT2D eigenvalue weighted by atomic mass is 19.1. The predicted molar refractivity (Wildman–Crippen MR) is 128 cm³/mol. The first-order valence-electron chi connectivity index (χ1n) is 9.96. The van der Waals surface area contributed by atoms with Crippen LogP contribution in [0.3, 0.4) is 0 Å². The lowest BCUT2D eigenvalue weighted by Gasteiger charge is -2.15. The highest BCUT2D eigenvalue weighted by molar-refractivity contribution is 5.53. The van der Waals surface area contributed by atoms with Gasteiger partial charge in [-0.3, -0.25) is 0 Å². The second kappa shape index (κ2) is 11.8. The van der Waals surface area contributed by atoms with Gasteiger partial charge in [-0.25, -0.2) is 4.39 Å². The number of hydrogen-bond acceptors (Lipinski definition) is 0. The first-order chi connectivity index (χ1) is 13.7. The molecule has 0 N–H and O–H groups in total. The molecule has 0 aromatic carbocycles. The minimum Gasteiger partial charge on any atom is -0.206 e. The van der Waals surface area contributed by atoms with Gasteiger partial charge < -0.3 is 0 Å². The molecule has 0 atom stereocenters. The van der Waals surface area contributed by atoms with Crippen molar-refractivity contribution >= 4 is 0 Å². The van der Waals surface area contributed by atoms with Gasteiger partial charge in [0.05, 0.1) is 0 Å². The van der Waals surface area contributed by atoms with E-state index >= 15 is 0 Å². The van der Waals surface area contributed by atoms with Gasteiger partial charge in [-0.15, -0.1) is 0 Å². The minimum absolute atomic E-state index is 0.381. The summed E-state index contributed by atoms with van der Waals surface area (Å²) in [7, 11) is 0. The van der Waals surface area contributed by atoms with Crippen LogP contribution in [0.2, 0.25) is 0 Å². The number of allylic oxidation sites excluding steroid dienone is 16. The molecule has 152 valence electrons. The fourth-order valence-electron chi connectivity index (χ4n) is 2.75. The van der Waals surface area contributed by atoms with Crippen molar-refractivity contribution in [3.63, 3.8) is 0 Å². The Morgan fingerprint density at radius 1 is 0.897 bits per heavy atom. The summed E-state index contributed by atoms with van der Waals surface area (Å²) < 4.78 is 14.6. The minimum atomic E-state index is -0.381. The monoisotopic (exact) mass is 388 g/mol. The maximum atomic E-state index is 14.6. The van der Waals surface area contributed by atoms with Crippen LogP contribution in [-0.2, 0) is 0 Å². The molecule has 0 aromatic rings. The summed E-state index contributed by atoms with van der Waals surface area (Å²) >= 11 is 0. The molecule has 0 radical (unpaired) electrons. The third-order valence-electron chi connectivity index (χ3n) is 5.01. The van der Waals surface area contributed by atoms with Crippen LogP contribution in [0, 0.1) is 0 Å². The molecule has 29 heavy (non-hydrogen) atoms. The van der Waals surface area contributed by atoms with Crippen LogP contribution in [0.15, 0.2) is 132 Å². The Bertz CT molecular complexity index is 875. The Balaban J connectivity index is 2.79. The van der Waals surface area contributed by atoms with E-state index < -0.39 is 0 Å². The van der Waals surface area contributed by atoms with Crippen LogP contribution in [0.4, 0.5) is 4.39 Å². The lowest BCUT2D eigenvalue weighted by Crippen LogP contribution is -1.97. The van der Waals surface area contributed by atoms with Gasteiger partial charge in [0, 0.05) is 5.57 Å². The first kappa shape index (κ1) is 24.1. The molecular formula is C28H33F. The molecule has 0 aromatic heterocycles. The number of hydrogen-bond donors (Lipinski definition) is 0. The molecule has 1 aliphatic carbocycles. The SMILES string of the molecule is C=C/C(=C\C(=C)C(=C)/C=C\C(=C)C(=C)/C=C(/F)C(=C)C1=CC=C(CC)CC1)CC. The Hall–Kier alpha value is -2.93. The Morgan fingerprint density at radius 3 is 1.93 bits per heavy atom. The van der Waals surface area contributed by atoms with Crippen LogP contribution >= 0.6 is 0 Å². The molecule has 0 saturated heterocycles. The summed E-state index contributed by atoms with van der Waals surface area (Å²) in [5.41, 5.74) is 6.47. The molecule has 0 aliphatic heterocycles. The van der Waals surface area contributed by atoms with Gasteiger partial charge in [0.2, 0.25) is 0 Å². The van der Waals surface area contributed by atoms with Crippen LogP contribution in [0.25, 0.3) is 0 Å². The lowest BCUT2D eigenvalue weighted by atomic mass is 9.91. The summed E-state index contributed by atoms with van der Waals surface area (Å²) in [6.45, 7) is 27.8. The lowest BCUT2D eigenvalue weighted by molar-refractivity contribution is 0.650. The molecule has 0 saturated carbocycles. The number of halogens is 1. The van der Waals surface area contributed by atoms with Crippen LogP contribution in [0.5, 0.6) is 0 Å². The second-order valence-corrected chi connectivity index (χ2v) is 7.05. The molecule has 0 spiro atoms. The molecule has 1 rings (SSSR count). The maximum absolute atomic E-state index is 14.6. The zero-order chi connectivity index (χ0) is 22.0. The van der Waals surface area contributed by atoms with E-state index in [0.29, 0.717) is 16.7 Å². The van der Waals surface area contributed by atoms with Crippen molar-refractivity contribution in [2.75, 3.05) is 0 Å². The summed E-state index contributed by atoms with van der Waals surface area (Å²) in [5, 5.41) is 0. The van der Waals surface area contributed by atoms with Crippen molar-refractivity contribution in [1.82, 2.24) is 0 Å². The van der Waals surface area contributed by atoms with Crippen molar-refractivity contribution < 1.29 is 4.39 Å². The molecule has 0 unspecified atom stereocenters. The van der Waals surface area contributed by atoms with E-state index in [0.717, 1.165) is 48.0 Å². The average molecular weight is 389 g/mol. The Kier molecular flexibility index (Phi) is 9.82. The Labute approximate surface area is 176 Å². The Morgan fingerprint density at radius 2 is 1.48 bits per heavy atom. The average Bonchev–Trinajstić information content (AvgIpc) is 2.74. The summed E-state index contributed by atoms with van der Waals surface area (Å²) in [6.07, 6.45) is 16.4. The van der Waals surface area contributed by atoms with E-state index in [4.69, 9.17) is 0 Å². The summed E-state index contributed by atoms with van der Waals surface area (Å²) in [5.74, 6) is -0.381. The van der Waals surface area contributed by atoms with Gasteiger partial charge in [0.15, 0.2) is 0 Å². The zero-order valence-electron chi connectivity index (χ0n) is 18.0. The second-order valence-electron chi connectivity index (χ2n) is 7.05. The van der Waals surface area contributed by atoms with Gasteiger partial charge in [0.1, 0.15) is 5.83 Å². The smallest absolute Gasteiger partial charge is 0.130 e. The highest BCUT2D eigenvalue weighted by Gasteiger charge is 2.12. The maximum Gasteiger partial charge on any atom is 0.130 e. The third-order valence-corrected chi connectivity index (χ3v) is 5.01. The van der Waals surface area contributed by atoms with Gasteiger partial charge in [0.25, 0.3) is 0 Å². The topological polar surface area (TPSA) is 0 Å². The van der Waals surface area contributed by atoms with Crippen molar-refractivity contribution in [2.24, 2.45) is 0 Å². The van der Waals surface area contributed by atoms with E-state index in [9.17, 15) is 4.39 Å². The number of rotatable bonds is 11. The molecule has 1 aliphatic rings. The zero-order valence-corrected chi connectivity index (χ0v) is 18.0. The van der Waals surface area contributed by atoms with E-state index in [1.165, 1.54) is 11.6 Å². The summed E-state index contributed by atoms with van der Waals surface area (Å²) in [6, 6.07) is 0. The highest BCUT2D eigenvalue weighted by Crippen LogP contribution is 2.30. The van der Waals surface area contributed by atoms with Gasteiger partial charge in [-0.05, 0) is 65.2 Å². The quantitative estimate of drug-likeness (QED) is 0.310. The van der Waals surface area contributed by atoms with E-state index in [1.54, 1.807) is 6.08 Å². The standard InChI is InChI=1S/C28H33F/c1-9-25(10-2)18-22(6)20(4)12-13-21(5)23(7)19-28(29)24(8)27-16-14-26(11-3)15-17-27/h9,12-14,16,18-19H,1,4-8,10-11,15,17H2,2-3H3/b13-12-,25-18+,28-19+. The van der Waals surface area contributed by atoms with Crippen molar-refractivity contribution in [2.45, 2.75) is 39.5 Å². The largest absolute Gasteiger partial charge is 0.206 e. The third kappa shape index (κ3) is 7.54. The predicted octanol–water partition coefficient (Wildman–Crippen LogP) is 8.76. The molecule has 0 fully saturated rings. The van der Waals surface area contributed by atoms with Crippen LogP contribution in [-0.4, -0.2) is 0 Å². The van der Waals surface area contributed by atoms with Gasteiger partial charge in [-0.2, -0.15) is 0 Å². The summed E-state index contributed by atoms with van der Waals surface area (Å²) in [4.78, 5) is 0. The molecular weight excluding hydrogens is 355 g/mol. The normalized spacial score (nSPS) is 14.9. The molecule has 0 amide bonds. The van der Waals surface area contributed by atoms with Crippen LogP contribution in [0.1, 0.15) is 39.5 Å². The first-order valence-corrected chi connectivity index (χ1v) is 9.96. The van der Waals surface area contributed by atoms with Gasteiger partial charge in [-0.1, -0.05) is 95.4 Å². The molecule has 0 nitrogen and oxygen atoms in total. The fraction of sp³-hybridized carbons (Fsp3) is 0.214. The van der Waals surface area contributed by atoms with E-state index in [-0.39, 0.29) is 5.83 Å². The fourth-order valence-corrected chi connectivity index (χ4v) is 2.75. The van der Waals surface area contributed by atoms with E-state index in [2.05, 4.69) is 59.4 Å². The van der Waals surface area contributed by atoms with Crippen molar-refractivity contribution in [1.29, 1.82) is 0 Å². The molecule has 1 heteroatoms. The van der Waals surface area contributed by atoms with Crippen LogP contribution < -0.4 is 0 Å². The van der Waals surface area contributed by atoms with Crippen molar-refractivity contribution in [3.05, 3.63) is 132 Å². The molecule has 0 bridgehead atoms.